The monoisotopic (exact) mass is 317 g/mol. The zero-order chi connectivity index (χ0) is 17.6. The number of aryl methyl sites for hydroxylation is 1. The molecule has 0 saturated carbocycles. The highest BCUT2D eigenvalue weighted by Gasteiger charge is 2.24. The van der Waals surface area contributed by atoms with Crippen molar-refractivity contribution in [1.29, 1.82) is 0 Å². The van der Waals surface area contributed by atoms with Gasteiger partial charge < -0.3 is 15.2 Å². The molecule has 23 heavy (non-hydrogen) atoms. The lowest BCUT2D eigenvalue weighted by Gasteiger charge is -2.30. The van der Waals surface area contributed by atoms with Gasteiger partial charge in [0.05, 0.1) is 6.04 Å². The first-order valence-electron chi connectivity index (χ1n) is 8.34. The summed E-state index contributed by atoms with van der Waals surface area (Å²) in [4.78, 5) is 0. The predicted molar refractivity (Wildman–Crippen MR) is 97.7 cm³/mol. The van der Waals surface area contributed by atoms with Crippen LogP contribution in [0.5, 0.6) is 5.75 Å². The first-order chi connectivity index (χ1) is 10.8. The molecule has 1 aromatic carbocycles. The van der Waals surface area contributed by atoms with Crippen LogP contribution in [0.3, 0.4) is 0 Å². The fraction of sp³-hybridized carbons (Fsp3) is 0.500. The summed E-state index contributed by atoms with van der Waals surface area (Å²) in [6.45, 7) is 18.1. The Morgan fingerprint density at radius 2 is 1.65 bits per heavy atom. The SMILES string of the molecule is C=C(O)C(NC(=C)C(Oc1ccc(CC)cc1)C(C)C)C(C)C. The summed E-state index contributed by atoms with van der Waals surface area (Å²) in [5.74, 6) is 1.41. The highest BCUT2D eigenvalue weighted by Crippen LogP contribution is 2.21. The van der Waals surface area contributed by atoms with E-state index in [1.807, 2.05) is 26.0 Å². The third kappa shape index (κ3) is 5.66. The molecule has 2 N–H and O–H groups in total. The van der Waals surface area contributed by atoms with Crippen molar-refractivity contribution >= 4 is 0 Å². The summed E-state index contributed by atoms with van der Waals surface area (Å²) >= 11 is 0. The Bertz CT molecular complexity index is 517. The number of rotatable bonds is 9. The average molecular weight is 317 g/mol. The summed E-state index contributed by atoms with van der Waals surface area (Å²) in [6, 6.07) is 7.92. The molecule has 3 nitrogen and oxygen atoms in total. The smallest absolute Gasteiger partial charge is 0.140 e. The summed E-state index contributed by atoms with van der Waals surface area (Å²) in [5, 5.41) is 13.0. The molecule has 0 spiro atoms. The lowest BCUT2D eigenvalue weighted by molar-refractivity contribution is 0.171. The van der Waals surface area contributed by atoms with E-state index in [1.54, 1.807) is 0 Å². The van der Waals surface area contributed by atoms with E-state index >= 15 is 0 Å². The van der Waals surface area contributed by atoms with Crippen LogP contribution in [0.25, 0.3) is 0 Å². The Hall–Kier alpha value is -1.90. The maximum Gasteiger partial charge on any atom is 0.140 e. The normalized spacial score (nSPS) is 13.7. The highest BCUT2D eigenvalue weighted by molar-refractivity contribution is 5.28. The number of hydrogen-bond donors (Lipinski definition) is 2. The second kappa shape index (κ2) is 8.66. The van der Waals surface area contributed by atoms with Gasteiger partial charge in [0.25, 0.3) is 0 Å². The minimum absolute atomic E-state index is 0.121. The van der Waals surface area contributed by atoms with Gasteiger partial charge in [0.15, 0.2) is 0 Å². The molecule has 2 unspecified atom stereocenters. The van der Waals surface area contributed by atoms with Crippen molar-refractivity contribution in [2.75, 3.05) is 0 Å². The summed E-state index contributed by atoms with van der Waals surface area (Å²) in [5.41, 5.74) is 2.04. The highest BCUT2D eigenvalue weighted by atomic mass is 16.5. The second-order valence-electron chi connectivity index (χ2n) is 6.66. The van der Waals surface area contributed by atoms with Gasteiger partial charge in [0.2, 0.25) is 0 Å². The number of ether oxygens (including phenoxy) is 1. The van der Waals surface area contributed by atoms with Crippen LogP contribution in [0.4, 0.5) is 0 Å². The van der Waals surface area contributed by atoms with E-state index in [4.69, 9.17) is 4.74 Å². The summed E-state index contributed by atoms with van der Waals surface area (Å²) in [7, 11) is 0. The standard InChI is InChI=1S/C20H31NO2/c1-8-17-9-11-18(12-10-17)23-20(14(4)5)15(6)21-19(13(2)3)16(7)22/h9-14,19-22H,6-8H2,1-5H3. The molecule has 0 aliphatic heterocycles. The van der Waals surface area contributed by atoms with E-state index < -0.39 is 0 Å². The Kier molecular flexibility index (Phi) is 7.21. The molecule has 0 heterocycles. The topological polar surface area (TPSA) is 41.5 Å². The van der Waals surface area contributed by atoms with E-state index in [1.165, 1.54) is 5.56 Å². The maximum atomic E-state index is 9.76. The molecule has 128 valence electrons. The zero-order valence-electron chi connectivity index (χ0n) is 15.1. The van der Waals surface area contributed by atoms with Gasteiger partial charge in [-0.25, -0.2) is 0 Å². The van der Waals surface area contributed by atoms with Crippen LogP contribution in [-0.2, 0) is 6.42 Å². The van der Waals surface area contributed by atoms with Gasteiger partial charge in [-0.05, 0) is 36.0 Å². The zero-order valence-corrected chi connectivity index (χ0v) is 15.1. The van der Waals surface area contributed by atoms with E-state index in [0.29, 0.717) is 0 Å². The van der Waals surface area contributed by atoms with Gasteiger partial charge in [-0.15, -0.1) is 0 Å². The van der Waals surface area contributed by atoms with Gasteiger partial charge >= 0.3 is 0 Å². The Morgan fingerprint density at radius 1 is 1.09 bits per heavy atom. The maximum absolute atomic E-state index is 9.76. The number of aliphatic hydroxyl groups excluding tert-OH is 1. The number of hydrogen-bond acceptors (Lipinski definition) is 3. The van der Waals surface area contributed by atoms with Crippen molar-refractivity contribution in [3.63, 3.8) is 0 Å². The fourth-order valence-corrected chi connectivity index (χ4v) is 2.48. The lowest BCUT2D eigenvalue weighted by atomic mass is 9.99. The van der Waals surface area contributed by atoms with Crippen molar-refractivity contribution in [3.8, 4) is 5.75 Å². The van der Waals surface area contributed by atoms with Gasteiger partial charge in [0.1, 0.15) is 17.6 Å². The van der Waals surface area contributed by atoms with Gasteiger partial charge in [0, 0.05) is 5.70 Å². The van der Waals surface area contributed by atoms with Crippen molar-refractivity contribution in [3.05, 3.63) is 54.4 Å². The van der Waals surface area contributed by atoms with Crippen LogP contribution in [0.2, 0.25) is 0 Å². The minimum atomic E-state index is -0.227. The third-order valence-electron chi connectivity index (χ3n) is 3.91. The molecule has 0 aromatic heterocycles. The molecule has 1 aromatic rings. The molecular formula is C20H31NO2. The van der Waals surface area contributed by atoms with Gasteiger partial charge in [-0.3, -0.25) is 0 Å². The Morgan fingerprint density at radius 3 is 2.04 bits per heavy atom. The van der Waals surface area contributed by atoms with Crippen molar-refractivity contribution in [2.24, 2.45) is 11.8 Å². The summed E-state index contributed by atoms with van der Waals surface area (Å²) < 4.78 is 6.12. The molecule has 0 bridgehead atoms. The van der Waals surface area contributed by atoms with Crippen LogP contribution in [0.1, 0.15) is 40.2 Å². The molecule has 3 heteroatoms. The quantitative estimate of drug-likeness (QED) is 0.640. The molecule has 0 aliphatic rings. The number of nitrogens with one attached hydrogen (secondary N) is 1. The first-order valence-corrected chi connectivity index (χ1v) is 8.34. The van der Waals surface area contributed by atoms with Crippen LogP contribution >= 0.6 is 0 Å². The number of benzene rings is 1. The van der Waals surface area contributed by atoms with E-state index in [9.17, 15) is 5.11 Å². The molecule has 0 amide bonds. The Labute approximate surface area is 141 Å². The van der Waals surface area contributed by atoms with Crippen LogP contribution < -0.4 is 10.1 Å². The van der Waals surface area contributed by atoms with E-state index in [2.05, 4.69) is 51.4 Å². The second-order valence-corrected chi connectivity index (χ2v) is 6.66. The molecule has 2 atom stereocenters. The van der Waals surface area contributed by atoms with Crippen molar-refractivity contribution < 1.29 is 9.84 Å². The minimum Gasteiger partial charge on any atom is -0.511 e. The number of aliphatic hydroxyl groups is 1. The third-order valence-corrected chi connectivity index (χ3v) is 3.91. The van der Waals surface area contributed by atoms with E-state index in [0.717, 1.165) is 17.9 Å². The predicted octanol–water partition coefficient (Wildman–Crippen LogP) is 4.85. The lowest BCUT2D eigenvalue weighted by Crippen LogP contribution is -2.41. The van der Waals surface area contributed by atoms with Crippen LogP contribution in [-0.4, -0.2) is 17.3 Å². The van der Waals surface area contributed by atoms with Crippen LogP contribution in [0, 0.1) is 11.8 Å². The molecule has 0 fully saturated rings. The van der Waals surface area contributed by atoms with Crippen LogP contribution in [0.15, 0.2) is 48.9 Å². The molecule has 0 saturated heterocycles. The largest absolute Gasteiger partial charge is 0.511 e. The summed E-state index contributed by atoms with van der Waals surface area (Å²) in [6.07, 6.45) is 0.833. The average Bonchev–Trinajstić information content (AvgIpc) is 2.49. The van der Waals surface area contributed by atoms with Crippen molar-refractivity contribution in [2.45, 2.75) is 53.2 Å². The molecule has 0 radical (unpaired) electrons. The van der Waals surface area contributed by atoms with E-state index in [-0.39, 0.29) is 29.7 Å². The fourth-order valence-electron chi connectivity index (χ4n) is 2.48. The van der Waals surface area contributed by atoms with Crippen molar-refractivity contribution in [1.82, 2.24) is 5.32 Å². The molecular weight excluding hydrogens is 286 g/mol. The molecule has 0 aliphatic carbocycles. The van der Waals surface area contributed by atoms with Gasteiger partial charge in [-0.1, -0.05) is 59.9 Å². The molecule has 1 rings (SSSR count). The Balaban J connectivity index is 2.84. The first kappa shape index (κ1) is 19.1. The van der Waals surface area contributed by atoms with Gasteiger partial charge in [-0.2, -0.15) is 0 Å².